The maximum atomic E-state index is 5.31. The molecule has 0 aliphatic carbocycles. The van der Waals surface area contributed by atoms with Gasteiger partial charge in [-0.3, -0.25) is 0 Å². The van der Waals surface area contributed by atoms with Gasteiger partial charge in [-0.1, -0.05) is 18.2 Å². The third-order valence-electron chi connectivity index (χ3n) is 5.60. The number of aromatic amines is 1. The number of ether oxygens (including phenoxy) is 1. The zero-order valence-corrected chi connectivity index (χ0v) is 16.6. The van der Waals surface area contributed by atoms with Crippen LogP contribution in [-0.2, 0) is 0 Å². The summed E-state index contributed by atoms with van der Waals surface area (Å²) >= 11 is 0. The highest BCUT2D eigenvalue weighted by Crippen LogP contribution is 2.32. The average molecular weight is 384 g/mol. The van der Waals surface area contributed by atoms with Crippen molar-refractivity contribution >= 4 is 16.9 Å². The van der Waals surface area contributed by atoms with Crippen LogP contribution in [-0.4, -0.2) is 35.2 Å². The van der Waals surface area contributed by atoms with Crippen LogP contribution in [0.2, 0.25) is 0 Å². The van der Waals surface area contributed by atoms with E-state index in [0.29, 0.717) is 0 Å². The minimum absolute atomic E-state index is 0.818. The third kappa shape index (κ3) is 3.44. The first-order chi connectivity index (χ1) is 14.3. The molecular formula is C24H24N4O. The van der Waals surface area contributed by atoms with E-state index < -0.39 is 0 Å². The summed E-state index contributed by atoms with van der Waals surface area (Å²) in [5.74, 6) is 1.66. The fourth-order valence-electron chi connectivity index (χ4n) is 4.00. The molecule has 29 heavy (non-hydrogen) atoms. The van der Waals surface area contributed by atoms with Crippen molar-refractivity contribution in [3.8, 4) is 28.3 Å². The molecule has 1 aliphatic heterocycles. The van der Waals surface area contributed by atoms with Crippen molar-refractivity contribution in [2.24, 2.45) is 0 Å². The number of nitrogens with one attached hydrogen (secondary N) is 1. The first-order valence-corrected chi connectivity index (χ1v) is 10.2. The Balaban J connectivity index is 1.65. The molecule has 0 unspecified atom stereocenters. The van der Waals surface area contributed by atoms with Crippen LogP contribution in [0.25, 0.3) is 33.4 Å². The topological polar surface area (TPSA) is 54.0 Å². The maximum Gasteiger partial charge on any atom is 0.226 e. The van der Waals surface area contributed by atoms with Crippen LogP contribution in [0.5, 0.6) is 5.75 Å². The Morgan fingerprint density at radius 3 is 2.45 bits per heavy atom. The highest BCUT2D eigenvalue weighted by atomic mass is 16.5. The van der Waals surface area contributed by atoms with E-state index in [-0.39, 0.29) is 0 Å². The number of para-hydroxylation sites is 1. The summed E-state index contributed by atoms with van der Waals surface area (Å²) < 4.78 is 5.31. The van der Waals surface area contributed by atoms with E-state index in [1.54, 1.807) is 7.11 Å². The number of hydrogen-bond donors (Lipinski definition) is 1. The first kappa shape index (κ1) is 17.7. The predicted molar refractivity (Wildman–Crippen MR) is 117 cm³/mol. The van der Waals surface area contributed by atoms with Crippen molar-refractivity contribution in [3.05, 3.63) is 60.8 Å². The normalized spacial score (nSPS) is 14.3. The van der Waals surface area contributed by atoms with E-state index in [2.05, 4.69) is 46.3 Å². The quantitative estimate of drug-likeness (QED) is 0.519. The largest absolute Gasteiger partial charge is 0.497 e. The molecule has 5 heteroatoms. The van der Waals surface area contributed by atoms with Gasteiger partial charge in [0.1, 0.15) is 5.75 Å². The van der Waals surface area contributed by atoms with E-state index >= 15 is 0 Å². The average Bonchev–Trinajstić information content (AvgIpc) is 3.24. The lowest BCUT2D eigenvalue weighted by atomic mass is 10.1. The Morgan fingerprint density at radius 1 is 0.897 bits per heavy atom. The summed E-state index contributed by atoms with van der Waals surface area (Å²) in [5.41, 5.74) is 5.17. The zero-order chi connectivity index (χ0) is 19.6. The van der Waals surface area contributed by atoms with Crippen LogP contribution in [0.15, 0.2) is 60.8 Å². The van der Waals surface area contributed by atoms with E-state index in [4.69, 9.17) is 14.7 Å². The van der Waals surface area contributed by atoms with Crippen molar-refractivity contribution in [1.29, 1.82) is 0 Å². The van der Waals surface area contributed by atoms with Crippen molar-refractivity contribution in [2.45, 2.75) is 19.3 Å². The number of fused-ring (bicyclic) bond motifs is 1. The molecule has 2 aromatic carbocycles. The number of nitrogens with zero attached hydrogens (tertiary/aromatic N) is 3. The summed E-state index contributed by atoms with van der Waals surface area (Å²) in [6.07, 6.45) is 5.71. The molecule has 3 heterocycles. The van der Waals surface area contributed by atoms with E-state index in [1.165, 1.54) is 24.6 Å². The molecule has 1 saturated heterocycles. The fourth-order valence-corrected chi connectivity index (χ4v) is 4.00. The Hall–Kier alpha value is -3.34. The van der Waals surface area contributed by atoms with Gasteiger partial charge >= 0.3 is 0 Å². The number of benzene rings is 2. The molecule has 2 aromatic heterocycles. The van der Waals surface area contributed by atoms with Gasteiger partial charge in [0.15, 0.2) is 0 Å². The second kappa shape index (κ2) is 7.59. The molecule has 5 rings (SSSR count). The van der Waals surface area contributed by atoms with Crippen molar-refractivity contribution in [2.75, 3.05) is 25.1 Å². The number of anilines is 1. The molecule has 0 bridgehead atoms. The number of rotatable bonds is 4. The molecule has 0 spiro atoms. The van der Waals surface area contributed by atoms with Gasteiger partial charge in [-0.2, -0.15) is 0 Å². The SMILES string of the molecule is COc1ccc(-c2cc(-c3c[nH]c4ccccc34)nc(N3CCCCC3)n2)cc1. The van der Waals surface area contributed by atoms with Crippen molar-refractivity contribution in [3.63, 3.8) is 0 Å². The molecule has 146 valence electrons. The molecule has 0 amide bonds. The van der Waals surface area contributed by atoms with Crippen LogP contribution < -0.4 is 9.64 Å². The van der Waals surface area contributed by atoms with Crippen LogP contribution in [0.3, 0.4) is 0 Å². The lowest BCUT2D eigenvalue weighted by molar-refractivity contribution is 0.415. The lowest BCUT2D eigenvalue weighted by Gasteiger charge is -2.27. The fraction of sp³-hybridized carbons (Fsp3) is 0.250. The Morgan fingerprint density at radius 2 is 1.66 bits per heavy atom. The monoisotopic (exact) mass is 384 g/mol. The summed E-state index contributed by atoms with van der Waals surface area (Å²) in [4.78, 5) is 15.6. The van der Waals surface area contributed by atoms with Crippen molar-refractivity contribution < 1.29 is 4.74 Å². The molecule has 5 nitrogen and oxygen atoms in total. The summed E-state index contributed by atoms with van der Waals surface area (Å²) in [5, 5.41) is 1.18. The van der Waals surface area contributed by atoms with Crippen molar-refractivity contribution in [1.82, 2.24) is 15.0 Å². The molecule has 0 saturated carbocycles. The number of H-pyrrole nitrogens is 1. The van der Waals surface area contributed by atoms with E-state index in [1.807, 2.05) is 24.4 Å². The van der Waals surface area contributed by atoms with E-state index in [9.17, 15) is 0 Å². The van der Waals surface area contributed by atoms with Gasteiger partial charge < -0.3 is 14.6 Å². The standard InChI is InChI=1S/C24H24N4O/c1-29-18-11-9-17(10-12-18)22-15-23(20-16-25-21-8-4-3-7-19(20)21)27-24(26-22)28-13-5-2-6-14-28/h3-4,7-12,15-16,25H,2,5-6,13-14H2,1H3. The van der Waals surface area contributed by atoms with Gasteiger partial charge in [0, 0.05) is 41.3 Å². The lowest BCUT2D eigenvalue weighted by Crippen LogP contribution is -2.31. The second-order valence-corrected chi connectivity index (χ2v) is 7.46. The molecular weight excluding hydrogens is 360 g/mol. The second-order valence-electron chi connectivity index (χ2n) is 7.46. The minimum atomic E-state index is 0.818. The van der Waals surface area contributed by atoms with Crippen LogP contribution in [0.1, 0.15) is 19.3 Å². The molecule has 0 radical (unpaired) electrons. The summed E-state index contributed by atoms with van der Waals surface area (Å²) in [7, 11) is 1.68. The zero-order valence-electron chi connectivity index (χ0n) is 16.6. The Bertz CT molecular complexity index is 1130. The van der Waals surface area contributed by atoms with Gasteiger partial charge in [0.05, 0.1) is 18.5 Å². The summed E-state index contributed by atoms with van der Waals surface area (Å²) in [6.45, 7) is 2.03. The molecule has 1 N–H and O–H groups in total. The molecule has 0 atom stereocenters. The van der Waals surface area contributed by atoms with Crippen LogP contribution >= 0.6 is 0 Å². The molecule has 1 aliphatic rings. The first-order valence-electron chi connectivity index (χ1n) is 10.2. The number of piperidine rings is 1. The van der Waals surface area contributed by atoms with Gasteiger partial charge in [0.25, 0.3) is 0 Å². The van der Waals surface area contributed by atoms with Gasteiger partial charge in [-0.05, 0) is 55.7 Å². The molecule has 1 fully saturated rings. The van der Waals surface area contributed by atoms with Gasteiger partial charge in [-0.15, -0.1) is 0 Å². The highest BCUT2D eigenvalue weighted by molar-refractivity contribution is 5.95. The van der Waals surface area contributed by atoms with Crippen LogP contribution in [0, 0.1) is 0 Å². The smallest absolute Gasteiger partial charge is 0.226 e. The number of aromatic nitrogens is 3. The number of methoxy groups -OCH3 is 1. The van der Waals surface area contributed by atoms with Gasteiger partial charge in [-0.25, -0.2) is 9.97 Å². The Labute approximate surface area is 170 Å². The van der Waals surface area contributed by atoms with Crippen LogP contribution in [0.4, 0.5) is 5.95 Å². The molecule has 4 aromatic rings. The Kier molecular flexibility index (Phi) is 4.64. The minimum Gasteiger partial charge on any atom is -0.497 e. The maximum absolute atomic E-state index is 5.31. The predicted octanol–water partition coefficient (Wildman–Crippen LogP) is 5.29. The number of hydrogen-bond acceptors (Lipinski definition) is 4. The highest BCUT2D eigenvalue weighted by Gasteiger charge is 2.18. The van der Waals surface area contributed by atoms with E-state index in [0.717, 1.165) is 52.8 Å². The summed E-state index contributed by atoms with van der Waals surface area (Å²) in [6, 6.07) is 18.5. The third-order valence-corrected chi connectivity index (χ3v) is 5.60. The van der Waals surface area contributed by atoms with Gasteiger partial charge in [0.2, 0.25) is 5.95 Å².